The molecule has 0 radical (unpaired) electrons. The number of benzene rings is 1. The number of hydrogen-bond acceptors (Lipinski definition) is 4. The predicted molar refractivity (Wildman–Crippen MR) is 70.8 cm³/mol. The molecule has 6 nitrogen and oxygen atoms in total. The second kappa shape index (κ2) is 7.93. The number of ether oxygens (including phenoxy) is 1. The molecule has 0 spiro atoms. The fourth-order valence-corrected chi connectivity index (χ4v) is 1.66. The van der Waals surface area contributed by atoms with Crippen molar-refractivity contribution in [3.05, 3.63) is 35.9 Å². The van der Waals surface area contributed by atoms with E-state index in [1.807, 2.05) is 18.2 Å². The van der Waals surface area contributed by atoms with Gasteiger partial charge in [0.2, 0.25) is 6.41 Å². The number of carbonyl (C=O) groups is 3. The summed E-state index contributed by atoms with van der Waals surface area (Å²) in [6.45, 7) is 1.73. The van der Waals surface area contributed by atoms with Crippen molar-refractivity contribution >= 4 is 18.5 Å². The van der Waals surface area contributed by atoms with Gasteiger partial charge in [0.05, 0.1) is 0 Å². The standard InChI is InChI=1S/C14H17NO5/c1-11(7-13(17)18)8-15(10-16)14(19)20-9-12-5-3-2-4-6-12/h2-6,10-11H,7-9H2,1H3,(H,17,18)/t11-/m1/s1. The summed E-state index contributed by atoms with van der Waals surface area (Å²) in [7, 11) is 0. The summed E-state index contributed by atoms with van der Waals surface area (Å²) in [5, 5.41) is 8.64. The first-order valence-corrected chi connectivity index (χ1v) is 6.17. The van der Waals surface area contributed by atoms with E-state index >= 15 is 0 Å². The maximum absolute atomic E-state index is 11.7. The maximum Gasteiger partial charge on any atom is 0.416 e. The van der Waals surface area contributed by atoms with Gasteiger partial charge < -0.3 is 9.84 Å². The Morgan fingerprint density at radius 2 is 2.00 bits per heavy atom. The Balaban J connectivity index is 2.46. The molecule has 1 rings (SSSR count). The minimum absolute atomic E-state index is 0.0173. The Kier molecular flexibility index (Phi) is 6.22. The van der Waals surface area contributed by atoms with Crippen LogP contribution in [0, 0.1) is 5.92 Å². The molecule has 1 aromatic carbocycles. The Morgan fingerprint density at radius 3 is 2.55 bits per heavy atom. The average Bonchev–Trinajstić information content (AvgIpc) is 2.42. The number of imide groups is 1. The molecule has 0 aliphatic heterocycles. The van der Waals surface area contributed by atoms with E-state index in [0.29, 0.717) is 6.41 Å². The summed E-state index contributed by atoms with van der Waals surface area (Å²) < 4.78 is 5.00. The molecule has 6 heteroatoms. The molecule has 1 aromatic rings. The Hall–Kier alpha value is -2.37. The van der Waals surface area contributed by atoms with E-state index in [4.69, 9.17) is 9.84 Å². The van der Waals surface area contributed by atoms with E-state index in [1.165, 1.54) is 0 Å². The lowest BCUT2D eigenvalue weighted by molar-refractivity contribution is -0.138. The minimum atomic E-state index is -0.971. The van der Waals surface area contributed by atoms with Crippen molar-refractivity contribution in [2.45, 2.75) is 20.0 Å². The predicted octanol–water partition coefficient (Wildman–Crippen LogP) is 1.89. The summed E-state index contributed by atoms with van der Waals surface area (Å²) in [6.07, 6.45) is -0.539. The van der Waals surface area contributed by atoms with Crippen LogP contribution >= 0.6 is 0 Å². The third-order valence-electron chi connectivity index (χ3n) is 2.60. The van der Waals surface area contributed by atoms with Gasteiger partial charge >= 0.3 is 12.1 Å². The van der Waals surface area contributed by atoms with Crippen LogP contribution < -0.4 is 0 Å². The number of nitrogens with zero attached hydrogens (tertiary/aromatic N) is 1. The molecule has 1 atom stereocenters. The highest BCUT2D eigenvalue weighted by Crippen LogP contribution is 2.07. The normalized spacial score (nSPS) is 11.4. The molecule has 20 heavy (non-hydrogen) atoms. The van der Waals surface area contributed by atoms with E-state index in [1.54, 1.807) is 19.1 Å². The number of hydrogen-bond donors (Lipinski definition) is 1. The van der Waals surface area contributed by atoms with E-state index in [2.05, 4.69) is 0 Å². The lowest BCUT2D eigenvalue weighted by atomic mass is 10.1. The SMILES string of the molecule is C[C@H](CC(=O)O)CN(C=O)C(=O)OCc1ccccc1. The van der Waals surface area contributed by atoms with Crippen molar-refractivity contribution in [3.8, 4) is 0 Å². The molecule has 0 saturated carbocycles. The lowest BCUT2D eigenvalue weighted by Crippen LogP contribution is -2.34. The second-order valence-electron chi connectivity index (χ2n) is 4.50. The Morgan fingerprint density at radius 1 is 1.35 bits per heavy atom. The monoisotopic (exact) mass is 279 g/mol. The quantitative estimate of drug-likeness (QED) is 0.770. The zero-order valence-electron chi connectivity index (χ0n) is 11.2. The number of carbonyl (C=O) groups excluding carboxylic acids is 2. The van der Waals surface area contributed by atoms with Crippen LogP contribution in [0.2, 0.25) is 0 Å². The smallest absolute Gasteiger partial charge is 0.416 e. The number of aliphatic carboxylic acids is 1. The van der Waals surface area contributed by atoms with Crippen LogP contribution in [0.5, 0.6) is 0 Å². The first-order valence-electron chi connectivity index (χ1n) is 6.17. The third-order valence-corrected chi connectivity index (χ3v) is 2.60. The van der Waals surface area contributed by atoms with Crippen LogP contribution in [0.1, 0.15) is 18.9 Å². The Bertz CT molecular complexity index is 460. The molecule has 0 aliphatic rings. The zero-order valence-corrected chi connectivity index (χ0v) is 11.2. The van der Waals surface area contributed by atoms with Crippen LogP contribution in [-0.4, -0.2) is 35.0 Å². The molecular formula is C14H17NO5. The molecular weight excluding hydrogens is 262 g/mol. The van der Waals surface area contributed by atoms with Crippen LogP contribution in [-0.2, 0) is 20.9 Å². The highest BCUT2D eigenvalue weighted by molar-refractivity contribution is 5.80. The summed E-state index contributed by atoms with van der Waals surface area (Å²) >= 11 is 0. The van der Waals surface area contributed by atoms with Crippen molar-refractivity contribution < 1.29 is 24.2 Å². The topological polar surface area (TPSA) is 83.9 Å². The van der Waals surface area contributed by atoms with Gasteiger partial charge in [0.1, 0.15) is 6.61 Å². The molecule has 1 N–H and O–H groups in total. The van der Waals surface area contributed by atoms with E-state index in [9.17, 15) is 14.4 Å². The lowest BCUT2D eigenvalue weighted by Gasteiger charge is -2.18. The summed E-state index contributed by atoms with van der Waals surface area (Å²) in [5.41, 5.74) is 0.810. The van der Waals surface area contributed by atoms with Gasteiger partial charge in [-0.25, -0.2) is 9.69 Å². The van der Waals surface area contributed by atoms with Gasteiger partial charge in [-0.3, -0.25) is 9.59 Å². The molecule has 0 heterocycles. The largest absolute Gasteiger partial charge is 0.481 e. The van der Waals surface area contributed by atoms with E-state index < -0.39 is 12.1 Å². The number of amides is 2. The summed E-state index contributed by atoms with van der Waals surface area (Å²) in [4.78, 5) is 33.9. The number of carboxylic acids is 1. The fraction of sp³-hybridized carbons (Fsp3) is 0.357. The summed E-state index contributed by atoms with van der Waals surface area (Å²) in [6, 6.07) is 9.07. The van der Waals surface area contributed by atoms with Crippen molar-refractivity contribution in [2.75, 3.05) is 6.54 Å². The number of carboxylic acid groups (broad SMARTS) is 1. The third kappa shape index (κ3) is 5.51. The molecule has 0 aliphatic carbocycles. The molecule has 0 saturated heterocycles. The average molecular weight is 279 g/mol. The first-order chi connectivity index (χ1) is 9.52. The van der Waals surface area contributed by atoms with Gasteiger partial charge in [0.25, 0.3) is 0 Å². The van der Waals surface area contributed by atoms with Crippen molar-refractivity contribution in [3.63, 3.8) is 0 Å². The summed E-state index contributed by atoms with van der Waals surface area (Å²) in [5.74, 6) is -1.30. The number of rotatable bonds is 7. The van der Waals surface area contributed by atoms with Crippen molar-refractivity contribution in [1.82, 2.24) is 4.90 Å². The van der Waals surface area contributed by atoms with Crippen LogP contribution in [0.4, 0.5) is 4.79 Å². The van der Waals surface area contributed by atoms with E-state index in [-0.39, 0.29) is 25.5 Å². The van der Waals surface area contributed by atoms with E-state index in [0.717, 1.165) is 10.5 Å². The molecule has 0 fully saturated rings. The van der Waals surface area contributed by atoms with Gasteiger partial charge in [-0.2, -0.15) is 0 Å². The van der Waals surface area contributed by atoms with Crippen LogP contribution in [0.15, 0.2) is 30.3 Å². The first kappa shape index (κ1) is 15.7. The highest BCUT2D eigenvalue weighted by Gasteiger charge is 2.18. The van der Waals surface area contributed by atoms with Crippen LogP contribution in [0.25, 0.3) is 0 Å². The van der Waals surface area contributed by atoms with Gasteiger partial charge in [-0.15, -0.1) is 0 Å². The van der Waals surface area contributed by atoms with Crippen molar-refractivity contribution in [1.29, 1.82) is 0 Å². The minimum Gasteiger partial charge on any atom is -0.481 e. The maximum atomic E-state index is 11.7. The Labute approximate surface area is 117 Å². The van der Waals surface area contributed by atoms with Crippen molar-refractivity contribution in [2.24, 2.45) is 5.92 Å². The highest BCUT2D eigenvalue weighted by atomic mass is 16.6. The molecule has 108 valence electrons. The van der Waals surface area contributed by atoms with Gasteiger partial charge in [-0.1, -0.05) is 37.3 Å². The van der Waals surface area contributed by atoms with Gasteiger partial charge in [0.15, 0.2) is 0 Å². The van der Waals surface area contributed by atoms with Gasteiger partial charge in [0, 0.05) is 13.0 Å². The molecule has 0 aromatic heterocycles. The molecule has 2 amide bonds. The van der Waals surface area contributed by atoms with Gasteiger partial charge in [-0.05, 0) is 11.5 Å². The zero-order chi connectivity index (χ0) is 15.0. The fourth-order valence-electron chi connectivity index (χ4n) is 1.66. The molecule has 0 unspecified atom stereocenters. The van der Waals surface area contributed by atoms with Crippen LogP contribution in [0.3, 0.4) is 0 Å². The second-order valence-corrected chi connectivity index (χ2v) is 4.50. The molecule has 0 bridgehead atoms.